The van der Waals surface area contributed by atoms with Gasteiger partial charge in [-0.25, -0.2) is 0 Å². The van der Waals surface area contributed by atoms with Crippen LogP contribution >= 0.6 is 0 Å². The number of rotatable bonds is 0. The number of allylic oxidation sites excluding steroid dienone is 16. The molecule has 8 rings (SSSR count). The van der Waals surface area contributed by atoms with Gasteiger partial charge in [0.25, 0.3) is 0 Å². The van der Waals surface area contributed by atoms with E-state index in [-0.39, 0.29) is 77.2 Å². The van der Waals surface area contributed by atoms with Gasteiger partial charge in [-0.2, -0.15) is 121 Å². The summed E-state index contributed by atoms with van der Waals surface area (Å²) in [5.74, 6) is 9.49. The van der Waals surface area contributed by atoms with E-state index in [1.165, 1.54) is 75.0 Å². The molecule has 0 N–H and O–H groups in total. The maximum Gasteiger partial charge on any atom is 2.00 e. The molecule has 0 aromatic heterocycles. The van der Waals surface area contributed by atoms with Gasteiger partial charge < -0.3 is 24.8 Å². The van der Waals surface area contributed by atoms with Crippen molar-refractivity contribution in [2.24, 2.45) is 23.7 Å². The van der Waals surface area contributed by atoms with E-state index < -0.39 is 0 Å². The van der Waals surface area contributed by atoms with Gasteiger partial charge in [-0.3, -0.25) is 0 Å². The van der Waals surface area contributed by atoms with Crippen LogP contribution in [0.15, 0.2) is 97.2 Å². The molecule has 0 spiro atoms. The van der Waals surface area contributed by atoms with Crippen LogP contribution in [0.25, 0.3) is 0 Å². The summed E-state index contributed by atoms with van der Waals surface area (Å²) in [5, 5.41) is 0. The average molecular weight is 674 g/mol. The zero-order chi connectivity index (χ0) is 21.6. The minimum Gasteiger partial charge on any atom is -1.00 e. The van der Waals surface area contributed by atoms with Crippen molar-refractivity contribution in [2.75, 3.05) is 0 Å². The average Bonchev–Trinajstić information content (AvgIpc) is 3.56. The van der Waals surface area contributed by atoms with Crippen molar-refractivity contribution in [3.63, 3.8) is 0 Å². The standard InChI is InChI=1S/4C8H9.2ClH.2Zr/c4*1-2-7-4-5-8(3-1)6-7;;;;/h4*1-2,4-5,8H,3,6H2;2*1H;;/q4*-1;;;2*+2/p-2. The predicted molar refractivity (Wildman–Crippen MR) is 137 cm³/mol. The van der Waals surface area contributed by atoms with Crippen LogP contribution < -0.4 is 24.8 Å². The molecule has 0 aliphatic heterocycles. The van der Waals surface area contributed by atoms with Crippen LogP contribution in [0.3, 0.4) is 0 Å². The molecule has 8 aliphatic carbocycles. The Balaban J connectivity index is 0.000000231. The van der Waals surface area contributed by atoms with E-state index in [9.17, 15) is 0 Å². The van der Waals surface area contributed by atoms with Crippen molar-refractivity contribution in [1.82, 2.24) is 0 Å². The number of hydrogen-bond acceptors (Lipinski definition) is 0. The number of halogens is 2. The largest absolute Gasteiger partial charge is 2.00 e. The minimum absolute atomic E-state index is 0. The Kier molecular flexibility index (Phi) is 16.3. The number of hydrogen-bond donors (Lipinski definition) is 0. The first kappa shape index (κ1) is 33.8. The molecule has 0 nitrogen and oxygen atoms in total. The van der Waals surface area contributed by atoms with E-state index in [0.717, 1.165) is 23.7 Å². The van der Waals surface area contributed by atoms with Gasteiger partial charge in [0.15, 0.2) is 0 Å². The van der Waals surface area contributed by atoms with E-state index >= 15 is 0 Å². The van der Waals surface area contributed by atoms with E-state index in [0.29, 0.717) is 0 Å². The Morgan fingerprint density at radius 2 is 0.583 bits per heavy atom. The third-order valence-corrected chi connectivity index (χ3v) is 7.40. The van der Waals surface area contributed by atoms with Crippen LogP contribution in [-0.2, 0) is 52.4 Å². The molecule has 0 saturated carbocycles. The third kappa shape index (κ3) is 10.1. The summed E-state index contributed by atoms with van der Waals surface area (Å²) < 4.78 is 0. The van der Waals surface area contributed by atoms with Gasteiger partial charge in [-0.1, -0.05) is 75.0 Å². The van der Waals surface area contributed by atoms with Gasteiger partial charge in [0.2, 0.25) is 0 Å². The first-order chi connectivity index (χ1) is 15.8. The van der Waals surface area contributed by atoms with Gasteiger partial charge in [0, 0.05) is 0 Å². The molecule has 8 bridgehead atoms. The predicted octanol–water partition coefficient (Wildman–Crippen LogP) is 2.39. The molecular weight excluding hydrogens is 638 g/mol. The van der Waals surface area contributed by atoms with Crippen molar-refractivity contribution in [2.45, 2.75) is 51.4 Å². The normalized spacial score (nSPS) is 28.4. The SMILES string of the molecule is C1=C[C-]2C=CC(C1)C2.C1=C[C-]2C=CC(C1)C2.C1=C[C-]2C=CC(C1)C2.C1=C[C-]2C=CC(C1)C2.[Cl-].[Cl-].[Zr+2].[Zr+2]. The second kappa shape index (κ2) is 17.4. The molecule has 4 unspecified atom stereocenters. The second-order valence-electron chi connectivity index (χ2n) is 10.1. The Labute approximate surface area is 270 Å². The van der Waals surface area contributed by atoms with Crippen LogP contribution in [0.1, 0.15) is 51.4 Å². The molecule has 0 amide bonds. The molecule has 0 aromatic rings. The molecule has 4 atom stereocenters. The van der Waals surface area contributed by atoms with Gasteiger partial charge in [-0.05, 0) is 0 Å². The summed E-state index contributed by atoms with van der Waals surface area (Å²) in [6.45, 7) is 0. The zero-order valence-electron chi connectivity index (χ0n) is 21.0. The van der Waals surface area contributed by atoms with E-state index in [2.05, 4.69) is 97.2 Å². The van der Waals surface area contributed by atoms with Crippen LogP contribution in [-0.4, -0.2) is 0 Å². The fourth-order valence-corrected chi connectivity index (χ4v) is 5.51. The van der Waals surface area contributed by atoms with Crippen LogP contribution in [0.5, 0.6) is 0 Å². The molecule has 0 radical (unpaired) electrons. The summed E-state index contributed by atoms with van der Waals surface area (Å²) in [4.78, 5) is 0. The molecule has 0 fully saturated rings. The van der Waals surface area contributed by atoms with Crippen molar-refractivity contribution >= 4 is 0 Å². The molecule has 4 heteroatoms. The second-order valence-corrected chi connectivity index (χ2v) is 10.1. The molecule has 0 aromatic carbocycles. The topological polar surface area (TPSA) is 0 Å². The first-order valence-corrected chi connectivity index (χ1v) is 12.6. The Hall–Kier alpha value is -0.254. The fraction of sp³-hybridized carbons (Fsp3) is 0.375. The molecular formula is C32H36Cl2Zr2-2. The minimum atomic E-state index is 0. The molecule has 0 saturated heterocycles. The van der Waals surface area contributed by atoms with Crippen LogP contribution in [0, 0.1) is 47.3 Å². The van der Waals surface area contributed by atoms with E-state index in [1.54, 1.807) is 0 Å². The fourth-order valence-electron chi connectivity index (χ4n) is 5.51. The zero-order valence-corrected chi connectivity index (χ0v) is 27.4. The summed E-state index contributed by atoms with van der Waals surface area (Å²) in [6.07, 6.45) is 46.5. The van der Waals surface area contributed by atoms with Crippen molar-refractivity contribution < 1.29 is 77.2 Å². The summed E-state index contributed by atoms with van der Waals surface area (Å²) in [6, 6.07) is 0. The Morgan fingerprint density at radius 1 is 0.361 bits per heavy atom. The van der Waals surface area contributed by atoms with Crippen LogP contribution in [0.2, 0.25) is 0 Å². The van der Waals surface area contributed by atoms with Gasteiger partial charge in [-0.15, -0.1) is 0 Å². The maximum absolute atomic E-state index is 2.31. The van der Waals surface area contributed by atoms with Crippen molar-refractivity contribution in [3.05, 3.63) is 121 Å². The number of fused-ring (bicyclic) bond motifs is 8. The smallest absolute Gasteiger partial charge is 1.00 e. The quantitative estimate of drug-likeness (QED) is 0.347. The molecule has 36 heavy (non-hydrogen) atoms. The van der Waals surface area contributed by atoms with Gasteiger partial charge >= 0.3 is 52.4 Å². The van der Waals surface area contributed by atoms with Crippen molar-refractivity contribution in [3.8, 4) is 0 Å². The van der Waals surface area contributed by atoms with Crippen LogP contribution in [0.4, 0.5) is 0 Å². The first-order valence-electron chi connectivity index (χ1n) is 12.6. The van der Waals surface area contributed by atoms with Crippen molar-refractivity contribution in [1.29, 1.82) is 0 Å². The maximum atomic E-state index is 2.31. The van der Waals surface area contributed by atoms with Gasteiger partial charge in [0.05, 0.1) is 0 Å². The monoisotopic (exact) mass is 670 g/mol. The summed E-state index contributed by atoms with van der Waals surface area (Å²) in [7, 11) is 0. The molecule has 188 valence electrons. The van der Waals surface area contributed by atoms with E-state index in [1.807, 2.05) is 0 Å². The van der Waals surface area contributed by atoms with E-state index in [4.69, 9.17) is 0 Å². The molecule has 0 heterocycles. The Bertz CT molecular complexity index is 727. The summed E-state index contributed by atoms with van der Waals surface area (Å²) in [5.41, 5.74) is 0. The van der Waals surface area contributed by atoms with Gasteiger partial charge in [0.1, 0.15) is 0 Å². The molecule has 8 aliphatic rings. The Morgan fingerprint density at radius 3 is 0.750 bits per heavy atom. The third-order valence-electron chi connectivity index (χ3n) is 7.40. The summed E-state index contributed by atoms with van der Waals surface area (Å²) >= 11 is 0.